The molecule has 0 amide bonds. The van der Waals surface area contributed by atoms with Crippen molar-refractivity contribution in [2.45, 2.75) is 57.4 Å². The fraction of sp³-hybridized carbons (Fsp3) is 0.769. The minimum atomic E-state index is -3.50. The first-order chi connectivity index (χ1) is 8.84. The molecular weight excluding hydrogens is 264 g/mol. The molecule has 0 aliphatic heterocycles. The Morgan fingerprint density at radius 1 is 1.32 bits per heavy atom. The zero-order chi connectivity index (χ0) is 14.2. The summed E-state index contributed by atoms with van der Waals surface area (Å²) in [5.41, 5.74) is 0.438. The lowest BCUT2D eigenvalue weighted by molar-refractivity contribution is 0.239. The number of nitrogens with zero attached hydrogens (tertiary/aromatic N) is 2. The van der Waals surface area contributed by atoms with Crippen LogP contribution in [0.1, 0.15) is 44.1 Å². The summed E-state index contributed by atoms with van der Waals surface area (Å²) in [5, 5.41) is 3.74. The molecule has 19 heavy (non-hydrogen) atoms. The fourth-order valence-corrected chi connectivity index (χ4v) is 4.60. The van der Waals surface area contributed by atoms with Crippen molar-refractivity contribution < 1.29 is 12.9 Å². The number of sulfonamides is 1. The van der Waals surface area contributed by atoms with Crippen LogP contribution in [0.15, 0.2) is 9.42 Å². The molecule has 0 aromatic carbocycles. The van der Waals surface area contributed by atoms with E-state index < -0.39 is 10.0 Å². The highest BCUT2D eigenvalue weighted by atomic mass is 32.2. The molecule has 2 atom stereocenters. The summed E-state index contributed by atoms with van der Waals surface area (Å²) in [4.78, 5) is 0.230. The number of rotatable bonds is 3. The second-order valence-corrected chi connectivity index (χ2v) is 7.53. The summed E-state index contributed by atoms with van der Waals surface area (Å²) in [6.45, 7) is 5.49. The van der Waals surface area contributed by atoms with Crippen LogP contribution in [-0.4, -0.2) is 31.0 Å². The Balaban J connectivity index is 2.29. The minimum absolute atomic E-state index is 0.0856. The lowest BCUT2D eigenvalue weighted by Gasteiger charge is -2.33. The largest absolute Gasteiger partial charge is 0.360 e. The average molecular weight is 286 g/mol. The van der Waals surface area contributed by atoms with Crippen LogP contribution in [0.5, 0.6) is 0 Å². The molecule has 0 N–H and O–H groups in total. The summed E-state index contributed by atoms with van der Waals surface area (Å²) < 4.78 is 31.8. The van der Waals surface area contributed by atoms with Crippen molar-refractivity contribution in [1.82, 2.24) is 9.46 Å². The van der Waals surface area contributed by atoms with E-state index in [0.717, 1.165) is 19.3 Å². The Morgan fingerprint density at radius 2 is 2.00 bits per heavy atom. The molecule has 1 aromatic rings. The van der Waals surface area contributed by atoms with E-state index >= 15 is 0 Å². The molecule has 2 rings (SSSR count). The van der Waals surface area contributed by atoms with Gasteiger partial charge in [-0.05, 0) is 32.6 Å². The van der Waals surface area contributed by atoms with Crippen molar-refractivity contribution in [3.05, 3.63) is 11.5 Å². The lowest BCUT2D eigenvalue weighted by atomic mass is 9.87. The summed E-state index contributed by atoms with van der Waals surface area (Å²) in [6, 6.07) is 0.0856. The van der Waals surface area contributed by atoms with Crippen LogP contribution in [0.3, 0.4) is 0 Å². The summed E-state index contributed by atoms with van der Waals surface area (Å²) >= 11 is 0. The maximum absolute atomic E-state index is 12.7. The van der Waals surface area contributed by atoms with Gasteiger partial charge in [0.15, 0.2) is 5.76 Å². The van der Waals surface area contributed by atoms with Gasteiger partial charge in [0.2, 0.25) is 10.0 Å². The molecule has 2 unspecified atom stereocenters. The van der Waals surface area contributed by atoms with Gasteiger partial charge < -0.3 is 4.52 Å². The quantitative estimate of drug-likeness (QED) is 0.856. The maximum Gasteiger partial charge on any atom is 0.248 e. The van der Waals surface area contributed by atoms with Gasteiger partial charge in [0.25, 0.3) is 0 Å². The van der Waals surface area contributed by atoms with E-state index in [1.54, 1.807) is 20.9 Å². The van der Waals surface area contributed by atoms with Gasteiger partial charge in [-0.3, -0.25) is 0 Å². The smallest absolute Gasteiger partial charge is 0.248 e. The first-order valence-corrected chi connectivity index (χ1v) is 8.19. The molecule has 0 radical (unpaired) electrons. The van der Waals surface area contributed by atoms with Crippen LogP contribution < -0.4 is 0 Å². The van der Waals surface area contributed by atoms with Crippen molar-refractivity contribution in [2.24, 2.45) is 5.92 Å². The third-order valence-corrected chi connectivity index (χ3v) is 6.18. The van der Waals surface area contributed by atoms with Crippen LogP contribution in [0.4, 0.5) is 0 Å². The van der Waals surface area contributed by atoms with E-state index in [-0.39, 0.29) is 10.9 Å². The Morgan fingerprint density at radius 3 is 2.53 bits per heavy atom. The van der Waals surface area contributed by atoms with Gasteiger partial charge in [-0.25, -0.2) is 8.42 Å². The van der Waals surface area contributed by atoms with E-state index in [4.69, 9.17) is 4.52 Å². The van der Waals surface area contributed by atoms with Crippen molar-refractivity contribution in [2.75, 3.05) is 7.05 Å². The molecule has 1 heterocycles. The monoisotopic (exact) mass is 286 g/mol. The van der Waals surface area contributed by atoms with Crippen LogP contribution in [0.2, 0.25) is 0 Å². The van der Waals surface area contributed by atoms with Crippen LogP contribution >= 0.6 is 0 Å². The van der Waals surface area contributed by atoms with E-state index in [2.05, 4.69) is 12.1 Å². The summed E-state index contributed by atoms with van der Waals surface area (Å²) in [6.07, 6.45) is 4.14. The topological polar surface area (TPSA) is 63.4 Å². The highest BCUT2D eigenvalue weighted by molar-refractivity contribution is 7.89. The average Bonchev–Trinajstić information content (AvgIpc) is 2.68. The standard InChI is InChI=1S/C13H22N2O3S/c1-9-6-5-7-12(8-9)15(4)19(16,17)13-10(2)14-18-11(13)3/h9,12H,5-8H2,1-4H3. The maximum atomic E-state index is 12.7. The first-order valence-electron chi connectivity index (χ1n) is 6.75. The zero-order valence-electron chi connectivity index (χ0n) is 12.0. The highest BCUT2D eigenvalue weighted by Crippen LogP contribution is 2.31. The zero-order valence-corrected chi connectivity index (χ0v) is 12.8. The predicted molar refractivity (Wildman–Crippen MR) is 72.3 cm³/mol. The molecule has 1 fully saturated rings. The normalized spacial score (nSPS) is 24.9. The molecule has 1 saturated carbocycles. The van der Waals surface area contributed by atoms with Crippen LogP contribution in [-0.2, 0) is 10.0 Å². The van der Waals surface area contributed by atoms with Gasteiger partial charge in [-0.2, -0.15) is 4.31 Å². The predicted octanol–water partition coefficient (Wildman–Crippen LogP) is 2.49. The van der Waals surface area contributed by atoms with Crippen molar-refractivity contribution in [3.8, 4) is 0 Å². The number of aromatic nitrogens is 1. The first kappa shape index (κ1) is 14.5. The van der Waals surface area contributed by atoms with Gasteiger partial charge in [-0.1, -0.05) is 24.9 Å². The molecule has 0 spiro atoms. The highest BCUT2D eigenvalue weighted by Gasteiger charge is 2.34. The molecule has 0 bridgehead atoms. The van der Waals surface area contributed by atoms with Gasteiger partial charge in [0, 0.05) is 13.1 Å². The summed E-state index contributed by atoms with van der Waals surface area (Å²) in [5.74, 6) is 0.953. The van der Waals surface area contributed by atoms with Crippen molar-refractivity contribution >= 4 is 10.0 Å². The van der Waals surface area contributed by atoms with Crippen LogP contribution in [0, 0.1) is 19.8 Å². The summed E-state index contributed by atoms with van der Waals surface area (Å²) in [7, 11) is -1.83. The van der Waals surface area contributed by atoms with Gasteiger partial charge in [-0.15, -0.1) is 0 Å². The van der Waals surface area contributed by atoms with Crippen molar-refractivity contribution in [3.63, 3.8) is 0 Å². The molecule has 1 aliphatic carbocycles. The Hall–Kier alpha value is -0.880. The Labute approximate surface area is 115 Å². The number of hydrogen-bond donors (Lipinski definition) is 0. The fourth-order valence-electron chi connectivity index (χ4n) is 2.92. The van der Waals surface area contributed by atoms with Crippen molar-refractivity contribution in [1.29, 1.82) is 0 Å². The molecule has 1 aliphatic rings. The number of hydrogen-bond acceptors (Lipinski definition) is 4. The van der Waals surface area contributed by atoms with Gasteiger partial charge in [0.05, 0.1) is 0 Å². The second kappa shape index (κ2) is 5.25. The molecule has 1 aromatic heterocycles. The van der Waals surface area contributed by atoms with Crippen LogP contribution in [0.25, 0.3) is 0 Å². The number of aryl methyl sites for hydroxylation is 2. The molecule has 0 saturated heterocycles. The molecule has 6 heteroatoms. The molecule has 5 nitrogen and oxygen atoms in total. The molecule has 108 valence electrons. The lowest BCUT2D eigenvalue weighted by Crippen LogP contribution is -2.40. The van der Waals surface area contributed by atoms with E-state index in [9.17, 15) is 8.42 Å². The third-order valence-electron chi connectivity index (χ3n) is 4.03. The van der Waals surface area contributed by atoms with Gasteiger partial charge in [0.1, 0.15) is 10.6 Å². The van der Waals surface area contributed by atoms with E-state index in [0.29, 0.717) is 17.4 Å². The third kappa shape index (κ3) is 2.69. The minimum Gasteiger partial charge on any atom is -0.360 e. The van der Waals surface area contributed by atoms with Gasteiger partial charge >= 0.3 is 0 Å². The molecular formula is C13H22N2O3S. The Bertz CT molecular complexity index is 531. The van der Waals surface area contributed by atoms with E-state index in [1.807, 2.05) is 0 Å². The SMILES string of the molecule is Cc1noc(C)c1S(=O)(=O)N(C)C1CCCC(C)C1. The second-order valence-electron chi connectivity index (χ2n) is 5.60. The Kier molecular flexibility index (Phi) is 4.01. The van der Waals surface area contributed by atoms with E-state index in [1.165, 1.54) is 10.7 Å².